The van der Waals surface area contributed by atoms with Gasteiger partial charge in [-0.15, -0.1) is 0 Å². The molecule has 0 unspecified atom stereocenters. The third-order valence-electron chi connectivity index (χ3n) is 2.14. The molecule has 0 saturated heterocycles. The lowest BCUT2D eigenvalue weighted by Crippen LogP contribution is -2.16. The number of ether oxygens (including phenoxy) is 2. The Morgan fingerprint density at radius 2 is 2.05 bits per heavy atom. The summed E-state index contributed by atoms with van der Waals surface area (Å²) in [6, 6.07) is 4.79. The molecule has 0 aromatic heterocycles. The average molecular weight is 274 g/mol. The Morgan fingerprint density at radius 3 is 2.63 bits per heavy atom. The molecule has 0 spiro atoms. The third-order valence-corrected chi connectivity index (χ3v) is 2.14. The number of benzene rings is 1. The zero-order valence-corrected chi connectivity index (χ0v) is 10.3. The first-order chi connectivity index (χ1) is 8.96. The van der Waals surface area contributed by atoms with Crippen molar-refractivity contribution in [2.75, 3.05) is 20.3 Å². The lowest BCUT2D eigenvalue weighted by molar-refractivity contribution is -0.176. The van der Waals surface area contributed by atoms with Crippen LogP contribution in [-0.2, 0) is 11.3 Å². The Hall–Kier alpha value is -1.71. The molecule has 104 valence electrons. The van der Waals surface area contributed by atoms with Gasteiger partial charge in [-0.2, -0.15) is 13.2 Å². The van der Waals surface area contributed by atoms with E-state index in [1.54, 1.807) is 18.2 Å². The van der Waals surface area contributed by atoms with E-state index in [0.29, 0.717) is 16.9 Å². The van der Waals surface area contributed by atoms with Crippen molar-refractivity contribution >= 4 is 0 Å². The number of halogens is 3. The molecule has 1 N–H and O–H groups in total. The van der Waals surface area contributed by atoms with Gasteiger partial charge in [0, 0.05) is 5.56 Å². The van der Waals surface area contributed by atoms with Crippen LogP contribution in [0.25, 0.3) is 0 Å². The van der Waals surface area contributed by atoms with E-state index < -0.39 is 12.8 Å². The normalized spacial score (nSPS) is 10.8. The summed E-state index contributed by atoms with van der Waals surface area (Å²) >= 11 is 0. The number of aliphatic hydroxyl groups excluding tert-OH is 1. The lowest BCUT2D eigenvalue weighted by atomic mass is 10.1. The Morgan fingerprint density at radius 1 is 1.32 bits per heavy atom. The second-order valence-corrected chi connectivity index (χ2v) is 3.59. The molecule has 19 heavy (non-hydrogen) atoms. The first-order valence-corrected chi connectivity index (χ1v) is 5.37. The maximum atomic E-state index is 12.0. The highest BCUT2D eigenvalue weighted by Gasteiger charge is 2.27. The predicted molar refractivity (Wildman–Crippen MR) is 62.7 cm³/mol. The number of methoxy groups -OCH3 is 1. The molecule has 1 aromatic rings. The predicted octanol–water partition coefficient (Wildman–Crippen LogP) is 2.12. The van der Waals surface area contributed by atoms with E-state index in [1.165, 1.54) is 7.11 Å². The first kappa shape index (κ1) is 15.3. The van der Waals surface area contributed by atoms with Gasteiger partial charge in [0.2, 0.25) is 0 Å². The fourth-order valence-electron chi connectivity index (χ4n) is 1.35. The minimum absolute atomic E-state index is 0.230. The standard InChI is InChI=1S/C13H13F3O3/c1-18-12-5-4-10(3-2-6-17)11(7-12)8-19-9-13(14,15)16/h4-5,7,17H,6,8-9H2,1H3. The molecule has 0 aliphatic carbocycles. The molecular formula is C13H13F3O3. The van der Waals surface area contributed by atoms with E-state index in [1.807, 2.05) is 0 Å². The molecule has 0 fully saturated rings. The van der Waals surface area contributed by atoms with Gasteiger partial charge < -0.3 is 14.6 Å². The van der Waals surface area contributed by atoms with Crippen LogP contribution in [0.2, 0.25) is 0 Å². The topological polar surface area (TPSA) is 38.7 Å². The molecule has 0 atom stereocenters. The summed E-state index contributed by atoms with van der Waals surface area (Å²) in [5.41, 5.74) is 0.974. The molecule has 6 heteroatoms. The summed E-state index contributed by atoms with van der Waals surface area (Å²) in [6.07, 6.45) is -4.37. The first-order valence-electron chi connectivity index (χ1n) is 5.37. The quantitative estimate of drug-likeness (QED) is 0.855. The van der Waals surface area contributed by atoms with Crippen LogP contribution in [0.1, 0.15) is 11.1 Å². The summed E-state index contributed by atoms with van der Waals surface area (Å²) < 4.78 is 45.6. The van der Waals surface area contributed by atoms with Gasteiger partial charge in [-0.3, -0.25) is 0 Å². The van der Waals surface area contributed by atoms with Crippen molar-refractivity contribution in [1.29, 1.82) is 0 Å². The maximum Gasteiger partial charge on any atom is 0.411 e. The Bertz CT molecular complexity index is 472. The van der Waals surface area contributed by atoms with Gasteiger partial charge in [0.25, 0.3) is 0 Å². The van der Waals surface area contributed by atoms with E-state index in [0.717, 1.165) is 0 Å². The summed E-state index contributed by atoms with van der Waals surface area (Å²) in [6.45, 7) is -1.88. The zero-order valence-electron chi connectivity index (χ0n) is 10.3. The summed E-state index contributed by atoms with van der Waals surface area (Å²) in [5.74, 6) is 5.58. The molecule has 0 amide bonds. The Balaban J connectivity index is 2.82. The van der Waals surface area contributed by atoms with Crippen LogP contribution in [0.4, 0.5) is 13.2 Å². The van der Waals surface area contributed by atoms with Crippen molar-refractivity contribution in [3.05, 3.63) is 29.3 Å². The van der Waals surface area contributed by atoms with E-state index in [4.69, 9.17) is 9.84 Å². The van der Waals surface area contributed by atoms with Crippen molar-refractivity contribution in [3.8, 4) is 17.6 Å². The molecule has 0 aliphatic rings. The van der Waals surface area contributed by atoms with Crippen molar-refractivity contribution < 1.29 is 27.8 Å². The van der Waals surface area contributed by atoms with E-state index in [-0.39, 0.29) is 13.2 Å². The van der Waals surface area contributed by atoms with Crippen LogP contribution < -0.4 is 4.74 Å². The smallest absolute Gasteiger partial charge is 0.411 e. The van der Waals surface area contributed by atoms with Crippen LogP contribution in [-0.4, -0.2) is 31.6 Å². The van der Waals surface area contributed by atoms with Crippen LogP contribution in [0.15, 0.2) is 18.2 Å². The highest BCUT2D eigenvalue weighted by Crippen LogP contribution is 2.20. The maximum absolute atomic E-state index is 12.0. The molecule has 0 radical (unpaired) electrons. The minimum Gasteiger partial charge on any atom is -0.497 e. The van der Waals surface area contributed by atoms with Gasteiger partial charge in [0.05, 0.1) is 13.7 Å². The molecule has 1 aromatic carbocycles. The van der Waals surface area contributed by atoms with Crippen molar-refractivity contribution in [2.24, 2.45) is 0 Å². The molecule has 0 aliphatic heterocycles. The highest BCUT2D eigenvalue weighted by molar-refractivity contribution is 5.45. The Kier molecular flexibility index (Phi) is 5.67. The van der Waals surface area contributed by atoms with E-state index in [9.17, 15) is 13.2 Å². The van der Waals surface area contributed by atoms with Gasteiger partial charge in [0.1, 0.15) is 19.0 Å². The summed E-state index contributed by atoms with van der Waals surface area (Å²) in [4.78, 5) is 0. The van der Waals surface area contributed by atoms with Gasteiger partial charge in [0.15, 0.2) is 0 Å². The Labute approximate surface area is 109 Å². The number of rotatable bonds is 4. The number of hydrogen-bond acceptors (Lipinski definition) is 3. The fourth-order valence-corrected chi connectivity index (χ4v) is 1.35. The molecular weight excluding hydrogens is 261 g/mol. The molecule has 3 nitrogen and oxygen atoms in total. The third kappa shape index (κ3) is 5.64. The molecule has 1 rings (SSSR count). The number of alkyl halides is 3. The second-order valence-electron chi connectivity index (χ2n) is 3.59. The zero-order chi connectivity index (χ0) is 14.3. The minimum atomic E-state index is -4.37. The van der Waals surface area contributed by atoms with E-state index >= 15 is 0 Å². The lowest BCUT2D eigenvalue weighted by Gasteiger charge is -2.10. The molecule has 0 saturated carbocycles. The van der Waals surface area contributed by atoms with Gasteiger partial charge in [-0.1, -0.05) is 11.8 Å². The van der Waals surface area contributed by atoms with Crippen molar-refractivity contribution in [1.82, 2.24) is 0 Å². The molecule has 0 bridgehead atoms. The second kappa shape index (κ2) is 7.02. The van der Waals surface area contributed by atoms with Crippen LogP contribution in [0.5, 0.6) is 5.75 Å². The van der Waals surface area contributed by atoms with Gasteiger partial charge >= 0.3 is 6.18 Å². The number of hydrogen-bond donors (Lipinski definition) is 1. The SMILES string of the molecule is COc1ccc(C#CCO)c(COCC(F)(F)F)c1. The van der Waals surface area contributed by atoms with Crippen LogP contribution in [0, 0.1) is 11.8 Å². The van der Waals surface area contributed by atoms with Crippen molar-refractivity contribution in [3.63, 3.8) is 0 Å². The monoisotopic (exact) mass is 274 g/mol. The summed E-state index contributed by atoms with van der Waals surface area (Å²) in [5, 5.41) is 8.62. The van der Waals surface area contributed by atoms with Crippen LogP contribution in [0.3, 0.4) is 0 Å². The largest absolute Gasteiger partial charge is 0.497 e. The number of aliphatic hydroxyl groups is 1. The van der Waals surface area contributed by atoms with Gasteiger partial charge in [-0.25, -0.2) is 0 Å². The van der Waals surface area contributed by atoms with Crippen molar-refractivity contribution in [2.45, 2.75) is 12.8 Å². The summed E-state index contributed by atoms with van der Waals surface area (Å²) in [7, 11) is 1.45. The van der Waals surface area contributed by atoms with E-state index in [2.05, 4.69) is 16.6 Å². The van der Waals surface area contributed by atoms with Crippen LogP contribution >= 0.6 is 0 Å². The molecule has 0 heterocycles. The van der Waals surface area contributed by atoms with Gasteiger partial charge in [-0.05, 0) is 23.8 Å². The highest BCUT2D eigenvalue weighted by atomic mass is 19.4. The average Bonchev–Trinajstić information content (AvgIpc) is 2.35. The fraction of sp³-hybridized carbons (Fsp3) is 0.385.